The number of hydrogen-bond acceptors (Lipinski definition) is 6. The van der Waals surface area contributed by atoms with Crippen LogP contribution >= 0.6 is 11.3 Å². The second-order valence-electron chi connectivity index (χ2n) is 9.21. The second kappa shape index (κ2) is 10.6. The Bertz CT molecular complexity index is 885. The van der Waals surface area contributed by atoms with Crippen molar-refractivity contribution in [2.24, 2.45) is 0 Å². The molecule has 1 aromatic heterocycles. The molecule has 1 aromatic rings. The first kappa shape index (κ1) is 25.0. The summed E-state index contributed by atoms with van der Waals surface area (Å²) in [6.07, 6.45) is 0. The molecular formula is C23H35N5O4S. The SMILES string of the molecule is CCOC(=O)C1=C(CN2CCN(C(=O)NC(C)(C)C)CC2)N(CC)C(=O)N[C@@H]1c1ccsc1. The van der Waals surface area contributed by atoms with Gasteiger partial charge in [0.05, 0.1) is 18.2 Å². The molecule has 1 fully saturated rings. The molecule has 0 radical (unpaired) electrons. The van der Waals surface area contributed by atoms with E-state index < -0.39 is 12.0 Å². The summed E-state index contributed by atoms with van der Waals surface area (Å²) in [6, 6.07) is 1.08. The van der Waals surface area contributed by atoms with E-state index in [-0.39, 0.29) is 24.2 Å². The lowest BCUT2D eigenvalue weighted by Gasteiger charge is -2.40. The highest BCUT2D eigenvalue weighted by molar-refractivity contribution is 7.08. The third-order valence-electron chi connectivity index (χ3n) is 5.64. The third kappa shape index (κ3) is 6.05. The molecule has 0 spiro atoms. The highest BCUT2D eigenvalue weighted by Crippen LogP contribution is 2.33. The van der Waals surface area contributed by atoms with E-state index in [4.69, 9.17) is 4.74 Å². The van der Waals surface area contributed by atoms with Gasteiger partial charge < -0.3 is 20.3 Å². The Balaban J connectivity index is 1.84. The van der Waals surface area contributed by atoms with Crippen LogP contribution in [0.3, 0.4) is 0 Å². The molecule has 3 rings (SSSR count). The number of nitrogens with one attached hydrogen (secondary N) is 2. The zero-order chi connectivity index (χ0) is 24.2. The zero-order valence-corrected chi connectivity index (χ0v) is 21.0. The normalized spacial score (nSPS) is 20.0. The molecule has 2 aliphatic rings. The number of esters is 1. The van der Waals surface area contributed by atoms with Gasteiger partial charge in [-0.3, -0.25) is 9.80 Å². The van der Waals surface area contributed by atoms with Crippen molar-refractivity contribution in [2.45, 2.75) is 46.2 Å². The van der Waals surface area contributed by atoms with Crippen LogP contribution in [0.15, 0.2) is 28.1 Å². The van der Waals surface area contributed by atoms with Crippen LogP contribution in [-0.4, -0.2) is 84.1 Å². The van der Waals surface area contributed by atoms with Crippen LogP contribution in [0.25, 0.3) is 0 Å². The van der Waals surface area contributed by atoms with Gasteiger partial charge in [-0.15, -0.1) is 0 Å². The summed E-state index contributed by atoms with van der Waals surface area (Å²) in [5.74, 6) is -0.412. The van der Waals surface area contributed by atoms with Gasteiger partial charge in [0.1, 0.15) is 0 Å². The van der Waals surface area contributed by atoms with Crippen LogP contribution in [0, 0.1) is 0 Å². The van der Waals surface area contributed by atoms with Gasteiger partial charge in [0.2, 0.25) is 0 Å². The highest BCUT2D eigenvalue weighted by Gasteiger charge is 2.38. The molecule has 0 bridgehead atoms. The Morgan fingerprint density at radius 3 is 2.45 bits per heavy atom. The molecule has 0 unspecified atom stereocenters. The van der Waals surface area contributed by atoms with Gasteiger partial charge in [-0.2, -0.15) is 11.3 Å². The van der Waals surface area contributed by atoms with Gasteiger partial charge in [0, 0.05) is 50.5 Å². The molecule has 3 heterocycles. The van der Waals surface area contributed by atoms with Crippen LogP contribution in [0.4, 0.5) is 9.59 Å². The van der Waals surface area contributed by atoms with Crippen LogP contribution in [0.5, 0.6) is 0 Å². The van der Waals surface area contributed by atoms with E-state index in [9.17, 15) is 14.4 Å². The molecule has 0 aliphatic carbocycles. The minimum absolute atomic E-state index is 0.0710. The molecule has 0 aromatic carbocycles. The minimum atomic E-state index is -0.542. The number of piperazine rings is 1. The summed E-state index contributed by atoms with van der Waals surface area (Å²) in [4.78, 5) is 44.1. The predicted octanol–water partition coefficient (Wildman–Crippen LogP) is 2.78. The first-order valence-corrected chi connectivity index (χ1v) is 12.4. The lowest BCUT2D eigenvalue weighted by molar-refractivity contribution is -0.139. The summed E-state index contributed by atoms with van der Waals surface area (Å²) in [6.45, 7) is 13.1. The number of urea groups is 2. The molecule has 1 atom stereocenters. The van der Waals surface area contributed by atoms with Crippen molar-refractivity contribution in [1.29, 1.82) is 0 Å². The monoisotopic (exact) mass is 477 g/mol. The first-order valence-electron chi connectivity index (χ1n) is 11.4. The number of ether oxygens (including phenoxy) is 1. The summed E-state index contributed by atoms with van der Waals surface area (Å²) in [7, 11) is 0. The highest BCUT2D eigenvalue weighted by atomic mass is 32.1. The van der Waals surface area contributed by atoms with E-state index in [0.717, 1.165) is 5.56 Å². The van der Waals surface area contributed by atoms with Crippen LogP contribution in [0.2, 0.25) is 0 Å². The van der Waals surface area contributed by atoms with E-state index in [1.54, 1.807) is 11.8 Å². The number of carbonyl (C=O) groups excluding carboxylic acids is 3. The summed E-state index contributed by atoms with van der Waals surface area (Å²) < 4.78 is 5.40. The fourth-order valence-electron chi connectivity index (χ4n) is 4.07. The lowest BCUT2D eigenvalue weighted by Crippen LogP contribution is -2.56. The topological polar surface area (TPSA) is 94.2 Å². The Labute approximate surface area is 199 Å². The minimum Gasteiger partial charge on any atom is -0.463 e. The van der Waals surface area contributed by atoms with Crippen molar-refractivity contribution >= 4 is 29.4 Å². The lowest BCUT2D eigenvalue weighted by atomic mass is 9.96. The molecule has 182 valence electrons. The number of likely N-dealkylation sites (N-methyl/N-ethyl adjacent to an activating group) is 1. The zero-order valence-electron chi connectivity index (χ0n) is 20.1. The molecule has 9 nitrogen and oxygen atoms in total. The predicted molar refractivity (Wildman–Crippen MR) is 128 cm³/mol. The average molecular weight is 478 g/mol. The van der Waals surface area contributed by atoms with Gasteiger partial charge in [-0.25, -0.2) is 14.4 Å². The number of nitrogens with zero attached hydrogens (tertiary/aromatic N) is 3. The van der Waals surface area contributed by atoms with Gasteiger partial charge in [0.25, 0.3) is 0 Å². The van der Waals surface area contributed by atoms with E-state index in [0.29, 0.717) is 50.5 Å². The largest absolute Gasteiger partial charge is 0.463 e. The molecule has 1 saturated heterocycles. The number of thiophene rings is 1. The van der Waals surface area contributed by atoms with Gasteiger partial charge >= 0.3 is 18.0 Å². The first-order chi connectivity index (χ1) is 15.6. The van der Waals surface area contributed by atoms with E-state index in [1.165, 1.54) is 11.3 Å². The van der Waals surface area contributed by atoms with E-state index >= 15 is 0 Å². The standard InChI is InChI=1S/C23H35N5O4S/c1-6-28-17(14-26-9-11-27(12-10-26)22(31)25-23(3,4)5)18(20(29)32-7-2)19(24-21(28)30)16-8-13-33-15-16/h8,13,15,19H,6-7,9-12,14H2,1-5H3,(H,24,30)(H,25,31)/t19-/m1/s1. The quantitative estimate of drug-likeness (QED) is 0.615. The van der Waals surface area contributed by atoms with E-state index in [2.05, 4.69) is 15.5 Å². The van der Waals surface area contributed by atoms with Crippen molar-refractivity contribution in [1.82, 2.24) is 25.3 Å². The van der Waals surface area contributed by atoms with Crippen LogP contribution < -0.4 is 10.6 Å². The molecule has 4 amide bonds. The fourth-order valence-corrected chi connectivity index (χ4v) is 4.75. The third-order valence-corrected chi connectivity index (χ3v) is 6.34. The van der Waals surface area contributed by atoms with Crippen molar-refractivity contribution in [3.05, 3.63) is 33.7 Å². The van der Waals surface area contributed by atoms with Crippen LogP contribution in [0.1, 0.15) is 46.2 Å². The Hall–Kier alpha value is -2.59. The van der Waals surface area contributed by atoms with Gasteiger partial charge in [0.15, 0.2) is 0 Å². The number of rotatable bonds is 6. The van der Waals surface area contributed by atoms with Crippen molar-refractivity contribution in [3.8, 4) is 0 Å². The van der Waals surface area contributed by atoms with E-state index in [1.807, 2.05) is 49.4 Å². The molecule has 10 heteroatoms. The number of carbonyl (C=O) groups is 3. The fraction of sp³-hybridized carbons (Fsp3) is 0.609. The molecule has 0 saturated carbocycles. The Morgan fingerprint density at radius 1 is 1.21 bits per heavy atom. The maximum absolute atomic E-state index is 13.1. The second-order valence-corrected chi connectivity index (χ2v) is 9.99. The number of hydrogen-bond donors (Lipinski definition) is 2. The molecule has 2 aliphatic heterocycles. The van der Waals surface area contributed by atoms with Crippen LogP contribution in [-0.2, 0) is 9.53 Å². The van der Waals surface area contributed by atoms with Crippen molar-refractivity contribution in [2.75, 3.05) is 45.9 Å². The molecule has 33 heavy (non-hydrogen) atoms. The Morgan fingerprint density at radius 2 is 1.91 bits per heavy atom. The summed E-state index contributed by atoms with van der Waals surface area (Å²) >= 11 is 1.52. The average Bonchev–Trinajstić information content (AvgIpc) is 3.28. The van der Waals surface area contributed by atoms with Crippen molar-refractivity contribution < 1.29 is 19.1 Å². The number of amides is 4. The molecule has 2 N–H and O–H groups in total. The smallest absolute Gasteiger partial charge is 0.338 e. The Kier molecular flexibility index (Phi) is 8.01. The summed E-state index contributed by atoms with van der Waals surface area (Å²) in [5, 5.41) is 9.85. The maximum Gasteiger partial charge on any atom is 0.338 e. The maximum atomic E-state index is 13.1. The molecular weight excluding hydrogens is 442 g/mol. The van der Waals surface area contributed by atoms with Crippen molar-refractivity contribution in [3.63, 3.8) is 0 Å². The summed E-state index contributed by atoms with van der Waals surface area (Å²) in [5.41, 5.74) is 1.72. The van der Waals surface area contributed by atoms with Gasteiger partial charge in [-0.1, -0.05) is 0 Å². The van der Waals surface area contributed by atoms with Gasteiger partial charge in [-0.05, 0) is 57.0 Å².